The number of hydrazone groups is 1. The molecule has 0 aliphatic heterocycles. The van der Waals surface area contributed by atoms with Gasteiger partial charge >= 0.3 is 0 Å². The predicted octanol–water partition coefficient (Wildman–Crippen LogP) is 1.79. The Bertz CT molecular complexity index is 106. The fourth-order valence-corrected chi connectivity index (χ4v) is 0.445. The minimum absolute atomic E-state index is 0.689. The van der Waals surface area contributed by atoms with Crippen molar-refractivity contribution in [1.29, 1.82) is 0 Å². The van der Waals surface area contributed by atoms with Gasteiger partial charge in [-0.15, -0.1) is 6.58 Å². The van der Waals surface area contributed by atoms with E-state index in [1.807, 2.05) is 6.21 Å². The van der Waals surface area contributed by atoms with Crippen LogP contribution in [0.3, 0.4) is 0 Å². The topological polar surface area (TPSA) is 24.4 Å². The van der Waals surface area contributed by atoms with Gasteiger partial charge < -0.3 is 5.43 Å². The van der Waals surface area contributed by atoms with Gasteiger partial charge in [-0.3, -0.25) is 0 Å². The Hall–Kier alpha value is -0.790. The molecule has 0 aliphatic rings. The van der Waals surface area contributed by atoms with Crippen molar-refractivity contribution in [3.8, 4) is 0 Å². The van der Waals surface area contributed by atoms with Crippen LogP contribution in [0.1, 0.15) is 20.3 Å². The average molecular weight is 140 g/mol. The van der Waals surface area contributed by atoms with Gasteiger partial charge in [0.05, 0.1) is 6.54 Å². The molecule has 0 aromatic heterocycles. The second kappa shape index (κ2) is 6.33. The molecular formula is C8H16N2. The summed E-state index contributed by atoms with van der Waals surface area (Å²) in [5.74, 6) is 0.689. The van der Waals surface area contributed by atoms with Gasteiger partial charge in [-0.25, -0.2) is 0 Å². The molecule has 0 bridgehead atoms. The molecule has 0 aromatic carbocycles. The molecule has 0 rings (SSSR count). The lowest BCUT2D eigenvalue weighted by atomic mass is 10.2. The van der Waals surface area contributed by atoms with Crippen LogP contribution < -0.4 is 5.43 Å². The lowest BCUT2D eigenvalue weighted by molar-refractivity contribution is 0.684. The van der Waals surface area contributed by atoms with Gasteiger partial charge in [0.25, 0.3) is 0 Å². The summed E-state index contributed by atoms with van der Waals surface area (Å²) in [6.07, 6.45) is 4.71. The molecule has 1 N–H and O–H groups in total. The zero-order valence-electron chi connectivity index (χ0n) is 6.80. The van der Waals surface area contributed by atoms with Gasteiger partial charge in [0, 0.05) is 6.21 Å². The van der Waals surface area contributed by atoms with Crippen LogP contribution in [0, 0.1) is 5.92 Å². The minimum atomic E-state index is 0.689. The highest BCUT2D eigenvalue weighted by Gasteiger charge is 1.86. The number of nitrogens with one attached hydrogen (secondary N) is 1. The van der Waals surface area contributed by atoms with E-state index in [1.54, 1.807) is 6.08 Å². The Kier molecular flexibility index (Phi) is 5.83. The fraction of sp³-hybridized carbons (Fsp3) is 0.625. The third-order valence-corrected chi connectivity index (χ3v) is 0.995. The summed E-state index contributed by atoms with van der Waals surface area (Å²) < 4.78 is 0. The molecule has 0 atom stereocenters. The van der Waals surface area contributed by atoms with Crippen molar-refractivity contribution < 1.29 is 0 Å². The Morgan fingerprint density at radius 3 is 2.80 bits per heavy atom. The van der Waals surface area contributed by atoms with E-state index in [1.165, 1.54) is 0 Å². The van der Waals surface area contributed by atoms with Gasteiger partial charge in [0.2, 0.25) is 0 Å². The van der Waals surface area contributed by atoms with E-state index in [2.05, 4.69) is 31.0 Å². The van der Waals surface area contributed by atoms with Crippen molar-refractivity contribution >= 4 is 6.21 Å². The maximum atomic E-state index is 3.96. The highest BCUT2D eigenvalue weighted by atomic mass is 15.3. The number of nitrogens with zero attached hydrogens (tertiary/aromatic N) is 1. The largest absolute Gasteiger partial charge is 0.307 e. The van der Waals surface area contributed by atoms with E-state index in [-0.39, 0.29) is 0 Å². The molecule has 2 heteroatoms. The van der Waals surface area contributed by atoms with E-state index >= 15 is 0 Å². The highest BCUT2D eigenvalue weighted by Crippen LogP contribution is 1.93. The first kappa shape index (κ1) is 9.21. The van der Waals surface area contributed by atoms with Crippen molar-refractivity contribution in [3.63, 3.8) is 0 Å². The van der Waals surface area contributed by atoms with Gasteiger partial charge in [-0.1, -0.05) is 19.9 Å². The standard InChI is InChI=1S/C8H16N2/c1-4-6-9-10-7-5-8(2)3/h4,7-9H,1,5-6H2,2-3H3/b10-7+. The maximum Gasteiger partial charge on any atom is 0.0507 e. The number of hydrogen-bond donors (Lipinski definition) is 1. The fourth-order valence-electron chi connectivity index (χ4n) is 0.445. The zero-order valence-corrected chi connectivity index (χ0v) is 6.80. The molecule has 10 heavy (non-hydrogen) atoms. The van der Waals surface area contributed by atoms with Gasteiger partial charge in [0.1, 0.15) is 0 Å². The molecule has 58 valence electrons. The van der Waals surface area contributed by atoms with E-state index < -0.39 is 0 Å². The molecule has 0 saturated heterocycles. The monoisotopic (exact) mass is 140 g/mol. The third-order valence-electron chi connectivity index (χ3n) is 0.995. The Balaban J connectivity index is 3.11. The van der Waals surface area contributed by atoms with Crippen molar-refractivity contribution in [2.45, 2.75) is 20.3 Å². The van der Waals surface area contributed by atoms with Gasteiger partial charge in [0.15, 0.2) is 0 Å². The lowest BCUT2D eigenvalue weighted by Gasteiger charge is -1.96. The van der Waals surface area contributed by atoms with Crippen LogP contribution in [0.15, 0.2) is 17.8 Å². The molecule has 0 unspecified atom stereocenters. The molecule has 0 radical (unpaired) electrons. The highest BCUT2D eigenvalue weighted by molar-refractivity contribution is 5.56. The van der Waals surface area contributed by atoms with Gasteiger partial charge in [-0.2, -0.15) is 5.10 Å². The van der Waals surface area contributed by atoms with Crippen molar-refractivity contribution in [3.05, 3.63) is 12.7 Å². The molecule has 0 heterocycles. The SMILES string of the molecule is C=CCN/N=C/CC(C)C. The Labute approximate surface area is 63.0 Å². The smallest absolute Gasteiger partial charge is 0.0507 e. The summed E-state index contributed by atoms with van der Waals surface area (Å²) in [5, 5.41) is 3.96. The normalized spacial score (nSPS) is 10.7. The summed E-state index contributed by atoms with van der Waals surface area (Å²) in [6, 6.07) is 0. The first-order chi connectivity index (χ1) is 4.77. The van der Waals surface area contributed by atoms with Crippen LogP contribution in [-0.4, -0.2) is 12.8 Å². The summed E-state index contributed by atoms with van der Waals surface area (Å²) >= 11 is 0. The minimum Gasteiger partial charge on any atom is -0.307 e. The van der Waals surface area contributed by atoms with Crippen LogP contribution in [0.5, 0.6) is 0 Å². The van der Waals surface area contributed by atoms with Crippen molar-refractivity contribution in [2.24, 2.45) is 11.0 Å². The van der Waals surface area contributed by atoms with E-state index in [0.29, 0.717) is 5.92 Å². The number of rotatable bonds is 5. The summed E-state index contributed by atoms with van der Waals surface area (Å²) in [5.41, 5.74) is 2.84. The summed E-state index contributed by atoms with van der Waals surface area (Å²) in [6.45, 7) is 8.63. The van der Waals surface area contributed by atoms with Crippen LogP contribution in [0.25, 0.3) is 0 Å². The molecule has 0 saturated carbocycles. The quantitative estimate of drug-likeness (QED) is 0.268. The molecule has 2 nitrogen and oxygen atoms in total. The van der Waals surface area contributed by atoms with Gasteiger partial charge in [-0.05, 0) is 12.3 Å². The Morgan fingerprint density at radius 2 is 2.30 bits per heavy atom. The molecule has 0 aromatic rings. The summed E-state index contributed by atoms with van der Waals surface area (Å²) in [4.78, 5) is 0. The maximum absolute atomic E-state index is 3.96. The van der Waals surface area contributed by atoms with E-state index in [0.717, 1.165) is 13.0 Å². The number of hydrogen-bond acceptors (Lipinski definition) is 2. The molecular weight excluding hydrogens is 124 g/mol. The van der Waals surface area contributed by atoms with Crippen molar-refractivity contribution in [2.75, 3.05) is 6.54 Å². The second-order valence-electron chi connectivity index (χ2n) is 2.59. The molecule has 0 amide bonds. The molecule has 0 spiro atoms. The van der Waals surface area contributed by atoms with Crippen molar-refractivity contribution in [1.82, 2.24) is 5.43 Å². The van der Waals surface area contributed by atoms with Crippen LogP contribution in [0.4, 0.5) is 0 Å². The third kappa shape index (κ3) is 7.21. The van der Waals surface area contributed by atoms with Crippen LogP contribution in [-0.2, 0) is 0 Å². The van der Waals surface area contributed by atoms with Crippen LogP contribution in [0.2, 0.25) is 0 Å². The van der Waals surface area contributed by atoms with E-state index in [9.17, 15) is 0 Å². The zero-order chi connectivity index (χ0) is 7.82. The Morgan fingerprint density at radius 1 is 1.60 bits per heavy atom. The molecule has 0 fully saturated rings. The molecule has 0 aliphatic carbocycles. The first-order valence-electron chi connectivity index (χ1n) is 3.62. The predicted molar refractivity (Wildman–Crippen MR) is 46.1 cm³/mol. The van der Waals surface area contributed by atoms with Crippen LogP contribution >= 0.6 is 0 Å². The lowest BCUT2D eigenvalue weighted by Crippen LogP contribution is -2.04. The second-order valence-corrected chi connectivity index (χ2v) is 2.59. The summed E-state index contributed by atoms with van der Waals surface area (Å²) in [7, 11) is 0. The average Bonchev–Trinajstić information content (AvgIpc) is 1.87. The van der Waals surface area contributed by atoms with E-state index in [4.69, 9.17) is 0 Å². The first-order valence-corrected chi connectivity index (χ1v) is 3.62.